The number of rotatable bonds is 29. The van der Waals surface area contributed by atoms with E-state index in [2.05, 4.69) is 51.2 Å². The Morgan fingerprint density at radius 3 is 1.46 bits per heavy atom. The standard InChI is InChI=1S/C34H48N12O16S4.4Na/c1-45(11-19-64(51,52)53)33-41-29(35-9-15-60-17-13-47)39-31(43-33)37-25-7-5-23(27(21-25)62-63(49)50)3-4-24-6-8-26(22-28(24)66(57,58)59)38-32-40-30(36-10-16-61-18-14-48)42-34(44-32)46(2)12-20-65(54,55)56;;;;/h3-8,21-22,47-48H,9-20H2,1-2H3,(H,49,50)(H,51,52,53)(H,54,55,56)(H,57,58,59)(H2,35,37,39,41,43)(H2,36,38,40,42,44);;;;/q;4*+1/p-4. The third-order valence-corrected chi connectivity index (χ3v) is 10.8. The van der Waals surface area contributed by atoms with Crippen molar-refractivity contribution in [3.8, 4) is 5.75 Å². The molecular weight excluding hydrogens is 1050 g/mol. The summed E-state index contributed by atoms with van der Waals surface area (Å²) in [6.45, 7) is -0.230. The predicted molar refractivity (Wildman–Crippen MR) is 234 cm³/mol. The van der Waals surface area contributed by atoms with Crippen LogP contribution in [0.25, 0.3) is 12.2 Å². The summed E-state index contributed by atoms with van der Waals surface area (Å²) in [6.07, 6.45) is 2.47. The largest absolute Gasteiger partial charge is 1.00 e. The summed E-state index contributed by atoms with van der Waals surface area (Å²) in [5, 5.41) is 29.2. The summed E-state index contributed by atoms with van der Waals surface area (Å²) in [7, 11) is -11.5. The molecule has 70 heavy (non-hydrogen) atoms. The van der Waals surface area contributed by atoms with Crippen molar-refractivity contribution in [2.75, 3.05) is 122 Å². The Labute approximate surface area is 495 Å². The molecule has 0 amide bonds. The third-order valence-electron chi connectivity index (χ3n) is 8.22. The summed E-state index contributed by atoms with van der Waals surface area (Å²) in [6, 6.07) is 7.65. The number of nitrogens with one attached hydrogen (secondary N) is 4. The Kier molecular flexibility index (Phi) is 32.7. The first-order valence-electron chi connectivity index (χ1n) is 19.0. The van der Waals surface area contributed by atoms with Gasteiger partial charge in [-0.1, -0.05) is 18.2 Å². The number of benzene rings is 2. The summed E-state index contributed by atoms with van der Waals surface area (Å²) >= 11 is -3.12. The molecule has 2 aromatic carbocycles. The minimum Gasteiger partial charge on any atom is -0.748 e. The normalized spacial score (nSPS) is 11.8. The van der Waals surface area contributed by atoms with Gasteiger partial charge in [0.05, 0.1) is 76.3 Å². The van der Waals surface area contributed by atoms with Crippen LogP contribution in [0.2, 0.25) is 0 Å². The van der Waals surface area contributed by atoms with Crippen molar-refractivity contribution in [3.63, 3.8) is 0 Å². The topological polar surface area (TPSA) is 412 Å². The maximum absolute atomic E-state index is 12.5. The molecule has 0 bridgehead atoms. The van der Waals surface area contributed by atoms with Gasteiger partial charge >= 0.3 is 118 Å². The van der Waals surface area contributed by atoms with Crippen molar-refractivity contribution in [2.24, 2.45) is 0 Å². The van der Waals surface area contributed by atoms with Gasteiger partial charge in [-0.15, -0.1) is 0 Å². The van der Waals surface area contributed by atoms with Crippen LogP contribution >= 0.6 is 0 Å². The number of aliphatic hydroxyl groups excluding tert-OH is 2. The van der Waals surface area contributed by atoms with E-state index in [-0.39, 0.29) is 248 Å². The molecule has 0 saturated carbocycles. The molecule has 2 heterocycles. The monoisotopic (exact) mass is 1100 g/mol. The fourth-order valence-electron chi connectivity index (χ4n) is 5.14. The van der Waals surface area contributed by atoms with Gasteiger partial charge in [0.1, 0.15) is 27.2 Å². The quantitative estimate of drug-likeness (QED) is 0.00966. The Morgan fingerprint density at radius 2 is 1.04 bits per heavy atom. The molecule has 6 N–H and O–H groups in total. The average molecular weight is 1100 g/mol. The van der Waals surface area contributed by atoms with Crippen molar-refractivity contribution >= 4 is 101 Å². The molecule has 1 unspecified atom stereocenters. The van der Waals surface area contributed by atoms with Crippen LogP contribution in [-0.2, 0) is 51.2 Å². The van der Waals surface area contributed by atoms with Crippen LogP contribution in [-0.4, -0.2) is 179 Å². The molecule has 0 spiro atoms. The van der Waals surface area contributed by atoms with Crippen LogP contribution in [0.15, 0.2) is 41.3 Å². The van der Waals surface area contributed by atoms with E-state index in [0.717, 1.165) is 6.07 Å². The second kappa shape index (κ2) is 33.4. The van der Waals surface area contributed by atoms with Crippen LogP contribution in [0.3, 0.4) is 0 Å². The molecule has 0 aliphatic rings. The molecule has 0 saturated heterocycles. The zero-order valence-corrected chi connectivity index (χ0v) is 50.2. The molecule has 0 aliphatic heterocycles. The first-order chi connectivity index (χ1) is 31.1. The fraction of sp³-hybridized carbons (Fsp3) is 0.412. The molecule has 4 aromatic rings. The molecule has 364 valence electrons. The number of ether oxygens (including phenoxy) is 2. The van der Waals surface area contributed by atoms with Gasteiger partial charge in [0, 0.05) is 63.3 Å². The van der Waals surface area contributed by atoms with E-state index >= 15 is 0 Å². The molecule has 0 aliphatic carbocycles. The van der Waals surface area contributed by atoms with Crippen LogP contribution < -0.4 is 153 Å². The average Bonchev–Trinajstić information content (AvgIpc) is 3.23. The van der Waals surface area contributed by atoms with E-state index in [1.54, 1.807) is 0 Å². The molecule has 0 fully saturated rings. The van der Waals surface area contributed by atoms with Gasteiger partial charge < -0.3 is 73.1 Å². The van der Waals surface area contributed by atoms with Gasteiger partial charge in [0.25, 0.3) is 0 Å². The predicted octanol–water partition coefficient (Wildman–Crippen LogP) is -13.4. The van der Waals surface area contributed by atoms with E-state index < -0.39 is 58.1 Å². The zero-order chi connectivity index (χ0) is 48.5. The van der Waals surface area contributed by atoms with E-state index in [9.17, 15) is 47.7 Å². The number of nitrogens with zero attached hydrogens (tertiary/aromatic N) is 8. The van der Waals surface area contributed by atoms with Crippen molar-refractivity contribution in [1.29, 1.82) is 0 Å². The zero-order valence-electron chi connectivity index (χ0n) is 38.9. The molecule has 0 radical (unpaired) electrons. The Hall–Kier alpha value is -1.52. The van der Waals surface area contributed by atoms with Crippen molar-refractivity contribution in [1.82, 2.24) is 29.9 Å². The van der Waals surface area contributed by atoms with Gasteiger partial charge in [-0.05, 0) is 29.8 Å². The van der Waals surface area contributed by atoms with Crippen LogP contribution in [0.5, 0.6) is 5.75 Å². The maximum atomic E-state index is 12.5. The summed E-state index contributed by atoms with van der Waals surface area (Å²) < 4.78 is 144. The number of hydrogen-bond acceptors (Lipinski definition) is 28. The van der Waals surface area contributed by atoms with Gasteiger partial charge in [-0.25, -0.2) is 29.5 Å². The Bertz CT molecular complexity index is 2670. The van der Waals surface area contributed by atoms with E-state index in [1.807, 2.05) is 0 Å². The molecule has 36 heteroatoms. The molecular formula is C34H44N12Na4O16S4. The van der Waals surface area contributed by atoms with Crippen molar-refractivity contribution in [2.45, 2.75) is 4.90 Å². The maximum Gasteiger partial charge on any atom is 1.00 e. The summed E-state index contributed by atoms with van der Waals surface area (Å²) in [5.41, 5.74) is 0.0928. The second-order valence-electron chi connectivity index (χ2n) is 13.3. The number of hydrogen-bond donors (Lipinski definition) is 6. The molecule has 4 rings (SSSR count). The number of anilines is 8. The summed E-state index contributed by atoms with van der Waals surface area (Å²) in [4.78, 5) is 27.2. The molecule has 2 aromatic heterocycles. The minimum atomic E-state index is -5.19. The Balaban J connectivity index is 0.0000119. The van der Waals surface area contributed by atoms with Gasteiger partial charge in [-0.3, -0.25) is 0 Å². The number of aromatic nitrogens is 6. The van der Waals surface area contributed by atoms with Crippen molar-refractivity contribution in [3.05, 3.63) is 47.5 Å². The van der Waals surface area contributed by atoms with E-state index in [0.29, 0.717) is 0 Å². The van der Waals surface area contributed by atoms with Gasteiger partial charge in [0.2, 0.25) is 35.7 Å². The number of aliphatic hydroxyl groups is 2. The second-order valence-corrected chi connectivity index (χ2v) is 18.3. The van der Waals surface area contributed by atoms with Crippen molar-refractivity contribution < 1.29 is 190 Å². The first kappa shape index (κ1) is 68.5. The SMILES string of the molecule is CN(CCS(=O)(=O)[O-])c1nc(NCCOCCO)nc(Nc2ccc(C=Cc3ccc(Nc4nc(NCCOCCO)nc(N(C)CCS(=O)(=O)[O-])n4)cc3S(=O)(=O)[O-])c(OS(=O)[O-])c2)n1.[Na+].[Na+].[Na+].[Na+]. The summed E-state index contributed by atoms with van der Waals surface area (Å²) in [5.74, 6) is -2.34. The van der Waals surface area contributed by atoms with Gasteiger partial charge in [0.15, 0.2) is 0 Å². The minimum absolute atomic E-state index is 0. The third kappa shape index (κ3) is 25.6. The van der Waals surface area contributed by atoms with Crippen LogP contribution in [0, 0.1) is 0 Å². The molecule has 1 atom stereocenters. The van der Waals surface area contributed by atoms with E-state index in [1.165, 1.54) is 66.4 Å². The van der Waals surface area contributed by atoms with Crippen LogP contribution in [0.1, 0.15) is 11.1 Å². The molecule has 28 nitrogen and oxygen atoms in total. The first-order valence-corrected chi connectivity index (χ1v) is 24.6. The fourth-order valence-corrected chi connectivity index (χ4v) is 7.12. The van der Waals surface area contributed by atoms with E-state index in [4.69, 9.17) is 23.9 Å². The van der Waals surface area contributed by atoms with Gasteiger partial charge in [-0.2, -0.15) is 29.9 Å². The van der Waals surface area contributed by atoms with Crippen LogP contribution in [0.4, 0.5) is 47.1 Å². The smallest absolute Gasteiger partial charge is 0.748 e. The Morgan fingerprint density at radius 1 is 0.629 bits per heavy atom.